The van der Waals surface area contributed by atoms with Gasteiger partial charge in [-0.25, -0.2) is 0 Å². The number of hydrogen-bond donors (Lipinski definition) is 2. The molecular weight excluding hydrogens is 264 g/mol. The summed E-state index contributed by atoms with van der Waals surface area (Å²) in [6, 6.07) is 13.2. The molecule has 4 heteroatoms. The quantitative estimate of drug-likeness (QED) is 0.830. The summed E-state index contributed by atoms with van der Waals surface area (Å²) in [7, 11) is 1.56. The first-order valence-corrected chi connectivity index (χ1v) is 6.93. The molecule has 0 radical (unpaired) electrons. The highest BCUT2D eigenvalue weighted by atomic mass is 16.5. The van der Waals surface area contributed by atoms with Crippen LogP contribution in [0, 0.1) is 0 Å². The van der Waals surface area contributed by atoms with Gasteiger partial charge in [-0.1, -0.05) is 31.2 Å². The van der Waals surface area contributed by atoms with E-state index in [0.29, 0.717) is 23.5 Å². The molecule has 2 rings (SSSR count). The zero-order chi connectivity index (χ0) is 15.2. The van der Waals surface area contributed by atoms with E-state index in [9.17, 15) is 4.79 Å². The monoisotopic (exact) mass is 284 g/mol. The maximum Gasteiger partial charge on any atom is 0.253 e. The second-order valence-electron chi connectivity index (χ2n) is 4.81. The second-order valence-corrected chi connectivity index (χ2v) is 4.81. The Kier molecular flexibility index (Phi) is 4.82. The largest absolute Gasteiger partial charge is 0.497 e. The van der Waals surface area contributed by atoms with Crippen LogP contribution in [0.1, 0.15) is 28.4 Å². The average molecular weight is 284 g/mol. The Bertz CT molecular complexity index is 621. The van der Waals surface area contributed by atoms with Crippen LogP contribution in [0.15, 0.2) is 42.5 Å². The topological polar surface area (TPSA) is 64.3 Å². The first kappa shape index (κ1) is 14.9. The smallest absolute Gasteiger partial charge is 0.253 e. The molecule has 0 spiro atoms. The van der Waals surface area contributed by atoms with E-state index >= 15 is 0 Å². The van der Waals surface area contributed by atoms with Crippen LogP contribution in [-0.4, -0.2) is 13.0 Å². The van der Waals surface area contributed by atoms with E-state index in [1.165, 1.54) is 5.56 Å². The van der Waals surface area contributed by atoms with Crippen LogP contribution in [0.5, 0.6) is 5.75 Å². The van der Waals surface area contributed by atoms with Crippen LogP contribution in [0.3, 0.4) is 0 Å². The molecule has 2 aromatic rings. The maximum absolute atomic E-state index is 12.2. The number of methoxy groups -OCH3 is 1. The summed E-state index contributed by atoms with van der Waals surface area (Å²) < 4.78 is 5.11. The molecule has 0 fully saturated rings. The number of ether oxygens (including phenoxy) is 1. The van der Waals surface area contributed by atoms with Gasteiger partial charge in [0.25, 0.3) is 5.91 Å². The molecule has 110 valence electrons. The van der Waals surface area contributed by atoms with Gasteiger partial charge in [-0.15, -0.1) is 0 Å². The van der Waals surface area contributed by atoms with Gasteiger partial charge < -0.3 is 15.8 Å². The van der Waals surface area contributed by atoms with Gasteiger partial charge in [0, 0.05) is 12.2 Å². The molecule has 0 unspecified atom stereocenters. The predicted octanol–water partition coefficient (Wildman–Crippen LogP) is 2.77. The fourth-order valence-electron chi connectivity index (χ4n) is 2.03. The van der Waals surface area contributed by atoms with Gasteiger partial charge in [0.15, 0.2) is 0 Å². The number of nitrogens with one attached hydrogen (secondary N) is 1. The maximum atomic E-state index is 12.2. The lowest BCUT2D eigenvalue weighted by Crippen LogP contribution is -2.23. The summed E-state index contributed by atoms with van der Waals surface area (Å²) in [5.74, 6) is 0.410. The lowest BCUT2D eigenvalue weighted by Gasteiger charge is -2.09. The molecule has 0 atom stereocenters. The molecule has 0 bridgehead atoms. The van der Waals surface area contributed by atoms with Crippen molar-refractivity contribution in [3.05, 3.63) is 59.2 Å². The van der Waals surface area contributed by atoms with E-state index in [1.54, 1.807) is 25.3 Å². The molecule has 0 aromatic heterocycles. The van der Waals surface area contributed by atoms with Gasteiger partial charge in [0.1, 0.15) is 5.75 Å². The normalized spacial score (nSPS) is 10.2. The summed E-state index contributed by atoms with van der Waals surface area (Å²) in [6.07, 6.45) is 1.01. The second kappa shape index (κ2) is 6.79. The molecule has 4 nitrogen and oxygen atoms in total. The number of hydrogen-bond acceptors (Lipinski definition) is 3. The van der Waals surface area contributed by atoms with E-state index in [4.69, 9.17) is 10.5 Å². The Balaban J connectivity index is 2.04. The van der Waals surface area contributed by atoms with Crippen LogP contribution in [0.4, 0.5) is 5.69 Å². The molecule has 0 saturated heterocycles. The van der Waals surface area contributed by atoms with Crippen LogP contribution in [-0.2, 0) is 13.0 Å². The van der Waals surface area contributed by atoms with Gasteiger partial charge in [-0.3, -0.25) is 4.79 Å². The molecule has 2 aromatic carbocycles. The predicted molar refractivity (Wildman–Crippen MR) is 84.4 cm³/mol. The first-order valence-electron chi connectivity index (χ1n) is 6.93. The highest BCUT2D eigenvalue weighted by Crippen LogP contribution is 2.19. The summed E-state index contributed by atoms with van der Waals surface area (Å²) in [6.45, 7) is 2.59. The van der Waals surface area contributed by atoms with Crippen molar-refractivity contribution in [2.45, 2.75) is 19.9 Å². The fraction of sp³-hybridized carbons (Fsp3) is 0.235. The van der Waals surface area contributed by atoms with Crippen molar-refractivity contribution >= 4 is 11.6 Å². The molecular formula is C17H20N2O2. The molecule has 21 heavy (non-hydrogen) atoms. The third kappa shape index (κ3) is 3.75. The van der Waals surface area contributed by atoms with E-state index in [-0.39, 0.29) is 5.91 Å². The molecule has 1 amide bonds. The van der Waals surface area contributed by atoms with Crippen molar-refractivity contribution in [2.75, 3.05) is 12.8 Å². The minimum Gasteiger partial charge on any atom is -0.497 e. The zero-order valence-corrected chi connectivity index (χ0v) is 12.3. The third-order valence-corrected chi connectivity index (χ3v) is 3.39. The fourth-order valence-corrected chi connectivity index (χ4v) is 2.03. The summed E-state index contributed by atoms with van der Waals surface area (Å²) in [4.78, 5) is 12.2. The number of carbonyl (C=O) groups excluding carboxylic acids is 1. The Morgan fingerprint density at radius 2 is 1.81 bits per heavy atom. The third-order valence-electron chi connectivity index (χ3n) is 3.39. The molecule has 0 saturated carbocycles. The number of benzene rings is 2. The van der Waals surface area contributed by atoms with E-state index in [0.717, 1.165) is 12.0 Å². The van der Waals surface area contributed by atoms with Crippen molar-refractivity contribution in [1.29, 1.82) is 0 Å². The number of aryl methyl sites for hydroxylation is 1. The number of amides is 1. The minimum atomic E-state index is -0.203. The summed E-state index contributed by atoms with van der Waals surface area (Å²) >= 11 is 0. The molecule has 0 heterocycles. The lowest BCUT2D eigenvalue weighted by atomic mass is 10.1. The van der Waals surface area contributed by atoms with Crippen LogP contribution in [0.2, 0.25) is 0 Å². The van der Waals surface area contributed by atoms with E-state index in [1.807, 2.05) is 12.1 Å². The molecule has 3 N–H and O–H groups in total. The van der Waals surface area contributed by atoms with Gasteiger partial charge >= 0.3 is 0 Å². The minimum absolute atomic E-state index is 0.203. The van der Waals surface area contributed by atoms with Crippen molar-refractivity contribution in [3.63, 3.8) is 0 Å². The van der Waals surface area contributed by atoms with Crippen molar-refractivity contribution in [2.24, 2.45) is 0 Å². The van der Waals surface area contributed by atoms with Crippen molar-refractivity contribution < 1.29 is 9.53 Å². The van der Waals surface area contributed by atoms with Gasteiger partial charge in [-0.2, -0.15) is 0 Å². The first-order chi connectivity index (χ1) is 10.1. The average Bonchev–Trinajstić information content (AvgIpc) is 2.53. The Morgan fingerprint density at radius 3 is 2.43 bits per heavy atom. The van der Waals surface area contributed by atoms with Gasteiger partial charge in [0.05, 0.1) is 12.7 Å². The number of rotatable bonds is 5. The van der Waals surface area contributed by atoms with E-state index < -0.39 is 0 Å². The van der Waals surface area contributed by atoms with Gasteiger partial charge in [-0.05, 0) is 35.7 Å². The lowest BCUT2D eigenvalue weighted by molar-refractivity contribution is 0.0951. The Hall–Kier alpha value is -2.49. The number of nitrogen functional groups attached to an aromatic ring is 1. The molecule has 0 aliphatic carbocycles. The van der Waals surface area contributed by atoms with Crippen LogP contribution in [0.25, 0.3) is 0 Å². The standard InChI is InChI=1S/C17H20N2O2/c1-3-12-4-6-13(7-5-12)11-19-17(20)15-10-14(21-2)8-9-16(15)18/h4-10H,3,11,18H2,1-2H3,(H,19,20). The van der Waals surface area contributed by atoms with Crippen LogP contribution < -0.4 is 15.8 Å². The van der Waals surface area contributed by atoms with Gasteiger partial charge in [0.2, 0.25) is 0 Å². The molecule has 0 aliphatic heterocycles. The van der Waals surface area contributed by atoms with Crippen LogP contribution >= 0.6 is 0 Å². The Morgan fingerprint density at radius 1 is 1.14 bits per heavy atom. The highest BCUT2D eigenvalue weighted by Gasteiger charge is 2.10. The number of carbonyl (C=O) groups is 1. The number of nitrogens with two attached hydrogens (primary N) is 1. The van der Waals surface area contributed by atoms with E-state index in [2.05, 4.69) is 24.4 Å². The highest BCUT2D eigenvalue weighted by molar-refractivity contribution is 5.99. The number of anilines is 1. The van der Waals surface area contributed by atoms with Crippen molar-refractivity contribution in [3.8, 4) is 5.75 Å². The SMILES string of the molecule is CCc1ccc(CNC(=O)c2cc(OC)ccc2N)cc1. The Labute approximate surface area is 124 Å². The van der Waals surface area contributed by atoms with Crippen molar-refractivity contribution in [1.82, 2.24) is 5.32 Å². The molecule has 0 aliphatic rings. The summed E-state index contributed by atoms with van der Waals surface area (Å²) in [5.41, 5.74) is 9.04. The summed E-state index contributed by atoms with van der Waals surface area (Å²) in [5, 5.41) is 2.87. The zero-order valence-electron chi connectivity index (χ0n) is 12.3.